The Balaban J connectivity index is 1.95. The highest BCUT2D eigenvalue weighted by Crippen LogP contribution is 2.36. The minimum absolute atomic E-state index is 0.345. The lowest BCUT2D eigenvalue weighted by molar-refractivity contribution is 0.851. The van der Waals surface area contributed by atoms with Crippen molar-refractivity contribution in [2.24, 2.45) is 0 Å². The third kappa shape index (κ3) is 1.59. The van der Waals surface area contributed by atoms with Gasteiger partial charge in [-0.1, -0.05) is 13.0 Å². The SMILES string of the molecule is CC(c1ccc2c(c1)SCN2)c1cc[nH]n1. The molecule has 16 heavy (non-hydrogen) atoms. The molecule has 3 rings (SSSR count). The Morgan fingerprint density at radius 1 is 1.38 bits per heavy atom. The predicted octanol–water partition coefficient (Wildman–Crippen LogP) is 3.04. The van der Waals surface area contributed by atoms with E-state index in [0.29, 0.717) is 5.92 Å². The molecule has 0 fully saturated rings. The molecule has 2 heterocycles. The summed E-state index contributed by atoms with van der Waals surface area (Å²) in [4.78, 5) is 1.35. The van der Waals surface area contributed by atoms with Crippen molar-refractivity contribution < 1.29 is 0 Å². The van der Waals surface area contributed by atoms with Gasteiger partial charge >= 0.3 is 0 Å². The van der Waals surface area contributed by atoms with Gasteiger partial charge in [0.15, 0.2) is 0 Å². The fourth-order valence-corrected chi connectivity index (χ4v) is 2.85. The highest BCUT2D eigenvalue weighted by atomic mass is 32.2. The van der Waals surface area contributed by atoms with Gasteiger partial charge in [-0.3, -0.25) is 5.10 Å². The van der Waals surface area contributed by atoms with Crippen LogP contribution < -0.4 is 5.32 Å². The van der Waals surface area contributed by atoms with E-state index in [1.807, 2.05) is 24.0 Å². The van der Waals surface area contributed by atoms with Crippen molar-refractivity contribution in [2.45, 2.75) is 17.7 Å². The summed E-state index contributed by atoms with van der Waals surface area (Å²) < 4.78 is 0. The van der Waals surface area contributed by atoms with Crippen LogP contribution in [0.15, 0.2) is 35.4 Å². The molecular formula is C12H13N3S. The number of hydrogen-bond acceptors (Lipinski definition) is 3. The summed E-state index contributed by atoms with van der Waals surface area (Å²) in [5.74, 6) is 1.33. The molecular weight excluding hydrogens is 218 g/mol. The Kier molecular flexibility index (Phi) is 2.36. The summed E-state index contributed by atoms with van der Waals surface area (Å²) in [6, 6.07) is 8.63. The smallest absolute Gasteiger partial charge is 0.0693 e. The van der Waals surface area contributed by atoms with Gasteiger partial charge in [0.25, 0.3) is 0 Å². The summed E-state index contributed by atoms with van der Waals surface area (Å²) in [5, 5.41) is 10.4. The van der Waals surface area contributed by atoms with Gasteiger partial charge in [0, 0.05) is 22.7 Å². The summed E-state index contributed by atoms with van der Waals surface area (Å²) in [7, 11) is 0. The third-order valence-corrected chi connectivity index (χ3v) is 3.90. The van der Waals surface area contributed by atoms with E-state index in [0.717, 1.165) is 11.6 Å². The van der Waals surface area contributed by atoms with Crippen molar-refractivity contribution in [3.63, 3.8) is 0 Å². The molecule has 0 aliphatic carbocycles. The molecule has 1 aromatic heterocycles. The van der Waals surface area contributed by atoms with Crippen LogP contribution in [0.5, 0.6) is 0 Å². The zero-order chi connectivity index (χ0) is 11.0. The maximum Gasteiger partial charge on any atom is 0.0693 e. The van der Waals surface area contributed by atoms with Crippen LogP contribution in [0, 0.1) is 0 Å². The number of fused-ring (bicyclic) bond motifs is 1. The maximum absolute atomic E-state index is 4.24. The molecule has 3 nitrogen and oxygen atoms in total. The largest absolute Gasteiger partial charge is 0.375 e. The van der Waals surface area contributed by atoms with Crippen molar-refractivity contribution in [2.75, 3.05) is 11.2 Å². The fourth-order valence-electron chi connectivity index (χ4n) is 1.95. The number of thioether (sulfide) groups is 1. The van der Waals surface area contributed by atoms with Gasteiger partial charge in [0.05, 0.1) is 11.6 Å². The van der Waals surface area contributed by atoms with Crippen molar-refractivity contribution >= 4 is 17.4 Å². The number of nitrogens with zero attached hydrogens (tertiary/aromatic N) is 1. The molecule has 0 radical (unpaired) electrons. The van der Waals surface area contributed by atoms with E-state index in [4.69, 9.17) is 0 Å². The van der Waals surface area contributed by atoms with E-state index < -0.39 is 0 Å². The van der Waals surface area contributed by atoms with Gasteiger partial charge in [-0.05, 0) is 23.8 Å². The van der Waals surface area contributed by atoms with Gasteiger partial charge in [0.1, 0.15) is 0 Å². The van der Waals surface area contributed by atoms with Crippen LogP contribution in [-0.4, -0.2) is 16.1 Å². The van der Waals surface area contributed by atoms with Gasteiger partial charge < -0.3 is 5.32 Å². The van der Waals surface area contributed by atoms with E-state index in [1.165, 1.54) is 16.1 Å². The van der Waals surface area contributed by atoms with E-state index in [-0.39, 0.29) is 0 Å². The minimum atomic E-state index is 0.345. The van der Waals surface area contributed by atoms with Crippen LogP contribution in [0.25, 0.3) is 0 Å². The molecule has 0 amide bonds. The van der Waals surface area contributed by atoms with Gasteiger partial charge in [-0.15, -0.1) is 11.8 Å². The Hall–Kier alpha value is -1.42. The van der Waals surface area contributed by atoms with Crippen LogP contribution in [0.1, 0.15) is 24.1 Å². The van der Waals surface area contributed by atoms with Crippen molar-refractivity contribution in [1.29, 1.82) is 0 Å². The van der Waals surface area contributed by atoms with Crippen LogP contribution in [0.3, 0.4) is 0 Å². The second-order valence-corrected chi connectivity index (χ2v) is 4.96. The molecule has 82 valence electrons. The molecule has 0 saturated carbocycles. The van der Waals surface area contributed by atoms with Gasteiger partial charge in [-0.2, -0.15) is 5.10 Å². The minimum Gasteiger partial charge on any atom is -0.375 e. The zero-order valence-corrected chi connectivity index (χ0v) is 9.84. The second-order valence-electron chi connectivity index (χ2n) is 3.94. The number of H-pyrrole nitrogens is 1. The number of aromatic nitrogens is 2. The molecule has 2 aromatic rings. The van der Waals surface area contributed by atoms with Crippen LogP contribution >= 0.6 is 11.8 Å². The van der Waals surface area contributed by atoms with Crippen LogP contribution in [-0.2, 0) is 0 Å². The Morgan fingerprint density at radius 3 is 3.12 bits per heavy atom. The molecule has 0 bridgehead atoms. The second kappa shape index (κ2) is 3.87. The lowest BCUT2D eigenvalue weighted by atomic mass is 9.98. The average Bonchev–Trinajstić information content (AvgIpc) is 2.98. The van der Waals surface area contributed by atoms with Crippen molar-refractivity contribution in [3.8, 4) is 0 Å². The zero-order valence-electron chi connectivity index (χ0n) is 9.03. The normalized spacial score (nSPS) is 15.6. The van der Waals surface area contributed by atoms with Crippen LogP contribution in [0.2, 0.25) is 0 Å². The van der Waals surface area contributed by atoms with E-state index in [1.54, 1.807) is 0 Å². The number of aromatic amines is 1. The molecule has 1 aliphatic heterocycles. The highest BCUT2D eigenvalue weighted by Gasteiger charge is 2.15. The topological polar surface area (TPSA) is 40.7 Å². The molecule has 0 spiro atoms. The number of hydrogen-bond donors (Lipinski definition) is 2. The summed E-state index contributed by atoms with van der Waals surface area (Å²) in [6.07, 6.45) is 1.87. The average molecular weight is 231 g/mol. The first-order valence-corrected chi connectivity index (χ1v) is 6.33. The lowest BCUT2D eigenvalue weighted by Crippen LogP contribution is -1.97. The maximum atomic E-state index is 4.24. The molecule has 2 N–H and O–H groups in total. The number of nitrogens with one attached hydrogen (secondary N) is 2. The molecule has 0 saturated heterocycles. The Bertz CT molecular complexity index is 493. The predicted molar refractivity (Wildman–Crippen MR) is 66.9 cm³/mol. The standard InChI is InChI=1S/C12H13N3S/c1-8(10-4-5-14-15-10)9-2-3-11-12(6-9)16-7-13-11/h2-6,8,13H,7H2,1H3,(H,14,15). The third-order valence-electron chi connectivity index (χ3n) is 2.96. The van der Waals surface area contributed by atoms with Crippen molar-refractivity contribution in [3.05, 3.63) is 41.7 Å². The first kappa shape index (κ1) is 9.78. The monoisotopic (exact) mass is 231 g/mol. The summed E-state index contributed by atoms with van der Waals surface area (Å²) in [5.41, 5.74) is 3.67. The number of benzene rings is 1. The van der Waals surface area contributed by atoms with Crippen LogP contribution in [0.4, 0.5) is 5.69 Å². The number of rotatable bonds is 2. The Labute approximate surface area is 98.6 Å². The van der Waals surface area contributed by atoms with E-state index in [9.17, 15) is 0 Å². The molecule has 1 aliphatic rings. The molecule has 1 unspecified atom stereocenters. The summed E-state index contributed by atoms with van der Waals surface area (Å²) in [6.45, 7) is 2.19. The van der Waals surface area contributed by atoms with E-state index in [2.05, 4.69) is 40.6 Å². The quantitative estimate of drug-likeness (QED) is 0.834. The molecule has 1 atom stereocenters. The lowest BCUT2D eigenvalue weighted by Gasteiger charge is -2.10. The first-order valence-electron chi connectivity index (χ1n) is 5.35. The first-order chi connectivity index (χ1) is 7.84. The Morgan fingerprint density at radius 2 is 2.31 bits per heavy atom. The summed E-state index contributed by atoms with van der Waals surface area (Å²) >= 11 is 1.86. The highest BCUT2D eigenvalue weighted by molar-refractivity contribution is 7.99. The molecule has 4 heteroatoms. The van der Waals surface area contributed by atoms with Gasteiger partial charge in [0.2, 0.25) is 0 Å². The number of anilines is 1. The van der Waals surface area contributed by atoms with Gasteiger partial charge in [-0.25, -0.2) is 0 Å². The van der Waals surface area contributed by atoms with E-state index >= 15 is 0 Å². The molecule has 1 aromatic carbocycles. The van der Waals surface area contributed by atoms with Crippen molar-refractivity contribution in [1.82, 2.24) is 10.2 Å². The fraction of sp³-hybridized carbons (Fsp3) is 0.250.